The van der Waals surface area contributed by atoms with Crippen molar-refractivity contribution in [1.82, 2.24) is 14.8 Å². The molecule has 2 aliphatic rings. The van der Waals surface area contributed by atoms with E-state index in [0.717, 1.165) is 52.1 Å². The van der Waals surface area contributed by atoms with Crippen LogP contribution in [0.2, 0.25) is 0 Å². The molecule has 10 heteroatoms. The quantitative estimate of drug-likeness (QED) is 0.706. The highest BCUT2D eigenvalue weighted by Gasteiger charge is 2.34. The van der Waals surface area contributed by atoms with Crippen LogP contribution in [0.25, 0.3) is 9.53 Å². The zero-order valence-electron chi connectivity index (χ0n) is 16.3. The Morgan fingerprint density at radius 3 is 2.50 bits per heavy atom. The molecule has 2 saturated heterocycles. The lowest BCUT2D eigenvalue weighted by atomic mass is 10.2. The predicted molar refractivity (Wildman–Crippen MR) is 116 cm³/mol. The third-order valence-electron chi connectivity index (χ3n) is 5.65. The Hall–Kier alpha value is -1.23. The molecule has 0 aliphatic carbocycles. The number of nitrogens with zero attached hydrogens (tertiary/aromatic N) is 4. The fraction of sp³-hybridized carbons (Fsp3) is 0.667. The molecule has 2 aliphatic heterocycles. The second-order valence-corrected chi connectivity index (χ2v) is 11.6. The van der Waals surface area contributed by atoms with Gasteiger partial charge in [-0.15, -0.1) is 11.3 Å². The highest BCUT2D eigenvalue weighted by molar-refractivity contribution is 7.91. The molecule has 0 N–H and O–H groups in total. The zero-order chi connectivity index (χ0) is 19.9. The van der Waals surface area contributed by atoms with Gasteiger partial charge in [0.1, 0.15) is 4.83 Å². The van der Waals surface area contributed by atoms with Crippen molar-refractivity contribution >= 4 is 53.1 Å². The Morgan fingerprint density at radius 2 is 1.93 bits per heavy atom. The van der Waals surface area contributed by atoms with Crippen LogP contribution >= 0.6 is 22.7 Å². The van der Waals surface area contributed by atoms with Crippen molar-refractivity contribution in [2.45, 2.75) is 26.3 Å². The normalized spacial score (nSPS) is 22.8. The lowest BCUT2D eigenvalue weighted by molar-refractivity contribution is 0.0592. The third-order valence-corrected chi connectivity index (χ3v) is 9.61. The molecule has 2 aromatic rings. The Balaban J connectivity index is 1.39. The molecule has 0 saturated carbocycles. The number of carbonyl (C=O) groups excluding carboxylic acids is 1. The Morgan fingerprint density at radius 1 is 1.21 bits per heavy atom. The number of sulfone groups is 1. The van der Waals surface area contributed by atoms with E-state index in [-0.39, 0.29) is 17.7 Å². The van der Waals surface area contributed by atoms with Gasteiger partial charge >= 0.3 is 0 Å². The summed E-state index contributed by atoms with van der Waals surface area (Å²) in [6.07, 6.45) is 0.720. The molecule has 28 heavy (non-hydrogen) atoms. The molecule has 4 rings (SSSR count). The Bertz CT molecular complexity index is 925. The maximum atomic E-state index is 12.9. The fourth-order valence-electron chi connectivity index (χ4n) is 3.97. The highest BCUT2D eigenvalue weighted by atomic mass is 32.2. The van der Waals surface area contributed by atoms with Gasteiger partial charge in [0.15, 0.2) is 15.0 Å². The summed E-state index contributed by atoms with van der Waals surface area (Å²) >= 11 is 3.12. The van der Waals surface area contributed by atoms with E-state index in [9.17, 15) is 13.2 Å². The lowest BCUT2D eigenvalue weighted by Gasteiger charge is -2.37. The first kappa shape index (κ1) is 20.1. The molecule has 1 unspecified atom stereocenters. The van der Waals surface area contributed by atoms with Crippen LogP contribution in [0.3, 0.4) is 0 Å². The number of thiazole rings is 1. The first-order chi connectivity index (χ1) is 13.4. The van der Waals surface area contributed by atoms with Crippen molar-refractivity contribution in [2.24, 2.45) is 0 Å². The second-order valence-electron chi connectivity index (χ2n) is 7.33. The van der Waals surface area contributed by atoms with Crippen LogP contribution in [0, 0.1) is 0 Å². The number of carbonyl (C=O) groups is 1. The van der Waals surface area contributed by atoms with Crippen LogP contribution in [0.15, 0.2) is 6.07 Å². The number of rotatable bonds is 5. The molecular weight excluding hydrogens is 416 g/mol. The number of aromatic nitrogens is 1. The summed E-state index contributed by atoms with van der Waals surface area (Å²) in [5.74, 6) is 0.631. The molecule has 7 nitrogen and oxygen atoms in total. The summed E-state index contributed by atoms with van der Waals surface area (Å²) in [5, 5.41) is 1.02. The van der Waals surface area contributed by atoms with E-state index in [4.69, 9.17) is 4.98 Å². The molecule has 2 aromatic heterocycles. The molecular formula is C18H26N4O3S3. The van der Waals surface area contributed by atoms with Gasteiger partial charge < -0.3 is 9.80 Å². The largest absolute Gasteiger partial charge is 0.349 e. The number of hydrogen-bond acceptors (Lipinski definition) is 8. The lowest BCUT2D eigenvalue weighted by Crippen LogP contribution is -2.52. The maximum Gasteiger partial charge on any atom is 0.264 e. The SMILES string of the molecule is CCN(CC)c1nc2sc(C(=O)N3CCN(C4CCS(=O)(=O)C4)CC3)cc2s1. The summed E-state index contributed by atoms with van der Waals surface area (Å²) in [7, 11) is -2.87. The Kier molecular flexibility index (Phi) is 5.65. The summed E-state index contributed by atoms with van der Waals surface area (Å²) in [6, 6.07) is 2.10. The second kappa shape index (κ2) is 7.89. The van der Waals surface area contributed by atoms with Crippen LogP contribution in [0.4, 0.5) is 5.13 Å². The minimum Gasteiger partial charge on any atom is -0.349 e. The molecule has 0 radical (unpaired) electrons. The van der Waals surface area contributed by atoms with Gasteiger partial charge in [0.2, 0.25) is 0 Å². The average Bonchev–Trinajstić information content (AvgIpc) is 3.35. The smallest absolute Gasteiger partial charge is 0.264 e. The minimum absolute atomic E-state index is 0.0679. The monoisotopic (exact) mass is 442 g/mol. The number of thiophene rings is 1. The van der Waals surface area contributed by atoms with Gasteiger partial charge in [-0.1, -0.05) is 11.3 Å². The van der Waals surface area contributed by atoms with Crippen LogP contribution in [0.5, 0.6) is 0 Å². The van der Waals surface area contributed by atoms with E-state index in [1.54, 1.807) is 11.3 Å². The number of hydrogen-bond donors (Lipinski definition) is 0. The Labute approximate surface area is 173 Å². The average molecular weight is 443 g/mol. The van der Waals surface area contributed by atoms with E-state index < -0.39 is 9.84 Å². The summed E-state index contributed by atoms with van der Waals surface area (Å²) in [5.41, 5.74) is 0. The van der Waals surface area contributed by atoms with E-state index in [1.807, 2.05) is 11.0 Å². The van der Waals surface area contributed by atoms with Gasteiger partial charge in [-0.3, -0.25) is 9.69 Å². The van der Waals surface area contributed by atoms with Crippen LogP contribution in [-0.4, -0.2) is 85.9 Å². The molecule has 1 atom stereocenters. The van der Waals surface area contributed by atoms with Crippen LogP contribution < -0.4 is 4.90 Å². The van der Waals surface area contributed by atoms with Gasteiger partial charge in [-0.25, -0.2) is 13.4 Å². The van der Waals surface area contributed by atoms with Gasteiger partial charge in [0.05, 0.1) is 21.1 Å². The van der Waals surface area contributed by atoms with Crippen LogP contribution in [0.1, 0.15) is 29.9 Å². The first-order valence-electron chi connectivity index (χ1n) is 9.79. The van der Waals surface area contributed by atoms with Crippen molar-refractivity contribution in [2.75, 3.05) is 55.7 Å². The summed E-state index contributed by atoms with van der Waals surface area (Å²) in [4.78, 5) is 25.7. The molecule has 154 valence electrons. The molecule has 1 amide bonds. The third kappa shape index (κ3) is 3.92. The molecule has 0 spiro atoms. The maximum absolute atomic E-state index is 12.9. The van der Waals surface area contributed by atoms with E-state index in [0.29, 0.717) is 18.8 Å². The zero-order valence-corrected chi connectivity index (χ0v) is 18.7. The topological polar surface area (TPSA) is 73.8 Å². The molecule has 4 heterocycles. The number of fused-ring (bicyclic) bond motifs is 1. The number of piperazine rings is 1. The van der Waals surface area contributed by atoms with Crippen molar-refractivity contribution in [3.63, 3.8) is 0 Å². The van der Waals surface area contributed by atoms with Gasteiger partial charge in [-0.05, 0) is 26.3 Å². The van der Waals surface area contributed by atoms with Crippen molar-refractivity contribution in [3.05, 3.63) is 10.9 Å². The van der Waals surface area contributed by atoms with Gasteiger partial charge in [0, 0.05) is 45.3 Å². The van der Waals surface area contributed by atoms with E-state index in [1.165, 1.54) is 11.3 Å². The molecule has 0 bridgehead atoms. The standard InChI is InChI=1S/C18H26N4O3S3/c1-3-20(4-2)18-19-16-14(27-18)11-15(26-16)17(23)22-8-6-21(7-9-22)13-5-10-28(24,25)12-13/h11,13H,3-10,12H2,1-2H3. The van der Waals surface area contributed by atoms with Crippen molar-refractivity contribution in [3.8, 4) is 0 Å². The summed E-state index contributed by atoms with van der Waals surface area (Å²) < 4.78 is 24.5. The molecule has 2 fully saturated rings. The van der Waals surface area contributed by atoms with E-state index in [2.05, 4.69) is 23.6 Å². The van der Waals surface area contributed by atoms with Crippen molar-refractivity contribution < 1.29 is 13.2 Å². The first-order valence-corrected chi connectivity index (χ1v) is 13.2. The van der Waals surface area contributed by atoms with Crippen molar-refractivity contribution in [1.29, 1.82) is 0 Å². The fourth-order valence-corrected chi connectivity index (χ4v) is 8.04. The van der Waals surface area contributed by atoms with Crippen LogP contribution in [-0.2, 0) is 9.84 Å². The minimum atomic E-state index is -2.87. The van der Waals surface area contributed by atoms with Gasteiger partial charge in [0.25, 0.3) is 5.91 Å². The van der Waals surface area contributed by atoms with E-state index >= 15 is 0 Å². The summed E-state index contributed by atoms with van der Waals surface area (Å²) in [6.45, 7) is 8.89. The van der Waals surface area contributed by atoms with Gasteiger partial charge in [-0.2, -0.15) is 0 Å². The molecule has 0 aromatic carbocycles. The number of anilines is 1. The highest BCUT2D eigenvalue weighted by Crippen LogP contribution is 2.35. The predicted octanol–water partition coefficient (Wildman–Crippen LogP) is 2.15. The number of amides is 1.